The zero-order valence-electron chi connectivity index (χ0n) is 16.0. The fourth-order valence-corrected chi connectivity index (χ4v) is 4.71. The molecule has 1 atom stereocenters. The van der Waals surface area contributed by atoms with Crippen molar-refractivity contribution in [1.82, 2.24) is 9.88 Å². The van der Waals surface area contributed by atoms with Crippen LogP contribution in [0.25, 0.3) is 0 Å². The van der Waals surface area contributed by atoms with Gasteiger partial charge < -0.3 is 15.1 Å². The smallest absolute Gasteiger partial charge is 0.248 e. The molecule has 1 N–H and O–H groups in total. The molecular weight excluding hydrogens is 372 g/mol. The Bertz CT molecular complexity index is 800. The highest BCUT2D eigenvalue weighted by Crippen LogP contribution is 2.23. The number of aromatic nitrogens is 1. The molecule has 0 saturated carbocycles. The average molecular weight is 399 g/mol. The summed E-state index contributed by atoms with van der Waals surface area (Å²) in [4.78, 5) is 34.9. The Morgan fingerprint density at radius 1 is 1.11 bits per heavy atom. The number of piperidine rings is 1. The van der Waals surface area contributed by atoms with Crippen molar-refractivity contribution < 1.29 is 9.59 Å². The number of rotatable bonds is 5. The first-order valence-corrected chi connectivity index (χ1v) is 10.9. The van der Waals surface area contributed by atoms with E-state index in [-0.39, 0.29) is 11.8 Å². The summed E-state index contributed by atoms with van der Waals surface area (Å²) in [5.41, 5.74) is 1.10. The zero-order chi connectivity index (χ0) is 19.3. The van der Waals surface area contributed by atoms with E-state index >= 15 is 0 Å². The minimum atomic E-state index is -0.406. The van der Waals surface area contributed by atoms with E-state index in [0.717, 1.165) is 30.1 Å². The van der Waals surface area contributed by atoms with E-state index in [1.165, 1.54) is 19.3 Å². The molecule has 0 bridgehead atoms. The van der Waals surface area contributed by atoms with Crippen LogP contribution in [0.5, 0.6) is 0 Å². The number of hydrogen-bond acceptors (Lipinski definition) is 5. The second kappa shape index (κ2) is 8.73. The highest BCUT2D eigenvalue weighted by Gasteiger charge is 2.34. The second-order valence-corrected chi connectivity index (χ2v) is 8.47. The Kier molecular flexibility index (Phi) is 5.90. The number of likely N-dealkylation sites (tertiary alicyclic amines) is 1. The summed E-state index contributed by atoms with van der Waals surface area (Å²) in [6, 6.07) is 7.37. The summed E-state index contributed by atoms with van der Waals surface area (Å²) < 4.78 is 0. The molecule has 2 saturated heterocycles. The second-order valence-electron chi connectivity index (χ2n) is 7.44. The SMILES string of the molecule is O=C(Nc1ccc(N2CCCCC2)cn1)C1CCCN1C(=O)Cc1cccs1. The van der Waals surface area contributed by atoms with Crippen molar-refractivity contribution in [2.45, 2.75) is 44.6 Å². The van der Waals surface area contributed by atoms with Crippen LogP contribution in [0.2, 0.25) is 0 Å². The van der Waals surface area contributed by atoms with Crippen LogP contribution in [0.3, 0.4) is 0 Å². The van der Waals surface area contributed by atoms with Gasteiger partial charge in [0.05, 0.1) is 18.3 Å². The maximum atomic E-state index is 12.8. The van der Waals surface area contributed by atoms with Gasteiger partial charge in [-0.1, -0.05) is 6.07 Å². The number of hydrogen-bond donors (Lipinski definition) is 1. The number of carbonyl (C=O) groups excluding carboxylic acids is 2. The third-order valence-corrected chi connectivity index (χ3v) is 6.38. The van der Waals surface area contributed by atoms with Crippen molar-refractivity contribution in [3.8, 4) is 0 Å². The molecule has 2 aromatic heterocycles. The van der Waals surface area contributed by atoms with Crippen LogP contribution in [0.1, 0.15) is 37.0 Å². The molecule has 2 aliphatic heterocycles. The summed E-state index contributed by atoms with van der Waals surface area (Å²) in [5.74, 6) is 0.423. The number of pyridine rings is 1. The maximum Gasteiger partial charge on any atom is 0.248 e. The molecular formula is C21H26N4O2S. The summed E-state index contributed by atoms with van der Waals surface area (Å²) in [6.45, 7) is 2.77. The number of thiophene rings is 1. The van der Waals surface area contributed by atoms with Gasteiger partial charge in [0, 0.05) is 24.5 Å². The molecule has 0 aromatic carbocycles. The first kappa shape index (κ1) is 18.9. The van der Waals surface area contributed by atoms with Crippen LogP contribution >= 0.6 is 11.3 Å². The molecule has 2 fully saturated rings. The van der Waals surface area contributed by atoms with Gasteiger partial charge in [0.25, 0.3) is 0 Å². The summed E-state index contributed by atoms with van der Waals surface area (Å²) >= 11 is 1.57. The highest BCUT2D eigenvalue weighted by molar-refractivity contribution is 7.10. The van der Waals surface area contributed by atoms with Crippen LogP contribution in [-0.4, -0.2) is 47.4 Å². The minimum absolute atomic E-state index is 0.0218. The lowest BCUT2D eigenvalue weighted by Crippen LogP contribution is -2.43. The van der Waals surface area contributed by atoms with Gasteiger partial charge >= 0.3 is 0 Å². The molecule has 2 aliphatic rings. The lowest BCUT2D eigenvalue weighted by Gasteiger charge is -2.28. The van der Waals surface area contributed by atoms with E-state index in [0.29, 0.717) is 25.2 Å². The molecule has 4 rings (SSSR count). The van der Waals surface area contributed by atoms with Crippen molar-refractivity contribution in [2.24, 2.45) is 0 Å². The molecule has 0 radical (unpaired) electrons. The number of anilines is 2. The number of nitrogens with zero attached hydrogens (tertiary/aromatic N) is 3. The van der Waals surface area contributed by atoms with E-state index in [2.05, 4.69) is 15.2 Å². The van der Waals surface area contributed by atoms with E-state index in [1.807, 2.05) is 35.8 Å². The predicted octanol–water partition coefficient (Wildman–Crippen LogP) is 3.31. The van der Waals surface area contributed by atoms with E-state index in [4.69, 9.17) is 0 Å². The van der Waals surface area contributed by atoms with Gasteiger partial charge in [-0.25, -0.2) is 4.98 Å². The van der Waals surface area contributed by atoms with Crippen LogP contribution in [-0.2, 0) is 16.0 Å². The van der Waals surface area contributed by atoms with Crippen LogP contribution < -0.4 is 10.2 Å². The van der Waals surface area contributed by atoms with Gasteiger partial charge in [-0.05, 0) is 55.7 Å². The highest BCUT2D eigenvalue weighted by atomic mass is 32.1. The third kappa shape index (κ3) is 4.35. The Morgan fingerprint density at radius 3 is 2.68 bits per heavy atom. The molecule has 0 spiro atoms. The topological polar surface area (TPSA) is 65.5 Å². The van der Waals surface area contributed by atoms with Gasteiger partial charge in [-0.2, -0.15) is 0 Å². The number of amides is 2. The minimum Gasteiger partial charge on any atom is -0.370 e. The normalized spacial score (nSPS) is 19.6. The van der Waals surface area contributed by atoms with Gasteiger partial charge in [0.2, 0.25) is 11.8 Å². The van der Waals surface area contributed by atoms with Crippen LogP contribution in [0.4, 0.5) is 11.5 Å². The molecule has 7 heteroatoms. The van der Waals surface area contributed by atoms with Gasteiger partial charge in [0.1, 0.15) is 11.9 Å². The van der Waals surface area contributed by atoms with Gasteiger partial charge in [-0.15, -0.1) is 11.3 Å². The summed E-state index contributed by atoms with van der Waals surface area (Å²) in [6.07, 6.45) is 7.48. The standard InChI is InChI=1S/C21H26N4O2S/c26-20(14-17-6-5-13-28-17)25-12-4-7-18(25)21(27)23-19-9-8-16(15-22-19)24-10-2-1-3-11-24/h5-6,8-9,13,15,18H,1-4,7,10-12,14H2,(H,22,23,27). The Hall–Kier alpha value is -2.41. The molecule has 2 amide bonds. The van der Waals surface area contributed by atoms with Crippen molar-refractivity contribution in [2.75, 3.05) is 29.9 Å². The molecule has 1 unspecified atom stereocenters. The van der Waals surface area contributed by atoms with Gasteiger partial charge in [0.15, 0.2) is 0 Å². The zero-order valence-corrected chi connectivity index (χ0v) is 16.8. The number of nitrogens with one attached hydrogen (secondary N) is 1. The molecule has 148 valence electrons. The molecule has 28 heavy (non-hydrogen) atoms. The Morgan fingerprint density at radius 2 is 1.96 bits per heavy atom. The summed E-state index contributed by atoms with van der Waals surface area (Å²) in [7, 11) is 0. The third-order valence-electron chi connectivity index (χ3n) is 5.50. The molecule has 6 nitrogen and oxygen atoms in total. The van der Waals surface area contributed by atoms with E-state index in [1.54, 1.807) is 16.2 Å². The van der Waals surface area contributed by atoms with Crippen molar-refractivity contribution in [3.63, 3.8) is 0 Å². The largest absolute Gasteiger partial charge is 0.370 e. The van der Waals surface area contributed by atoms with E-state index in [9.17, 15) is 9.59 Å². The Balaban J connectivity index is 1.36. The predicted molar refractivity (Wildman–Crippen MR) is 112 cm³/mol. The van der Waals surface area contributed by atoms with Crippen LogP contribution in [0.15, 0.2) is 35.8 Å². The quantitative estimate of drug-likeness (QED) is 0.839. The maximum absolute atomic E-state index is 12.8. The molecule has 4 heterocycles. The molecule has 2 aromatic rings. The first-order valence-electron chi connectivity index (χ1n) is 10.0. The fraction of sp³-hybridized carbons (Fsp3) is 0.476. The number of carbonyl (C=O) groups is 2. The first-order chi connectivity index (χ1) is 13.7. The van der Waals surface area contributed by atoms with E-state index < -0.39 is 6.04 Å². The lowest BCUT2D eigenvalue weighted by atomic mass is 10.1. The van der Waals surface area contributed by atoms with Crippen molar-refractivity contribution in [3.05, 3.63) is 40.7 Å². The van der Waals surface area contributed by atoms with Gasteiger partial charge in [-0.3, -0.25) is 9.59 Å². The monoisotopic (exact) mass is 398 g/mol. The van der Waals surface area contributed by atoms with Crippen molar-refractivity contribution in [1.29, 1.82) is 0 Å². The lowest BCUT2D eigenvalue weighted by molar-refractivity contribution is -0.136. The fourth-order valence-electron chi connectivity index (χ4n) is 4.01. The van der Waals surface area contributed by atoms with Crippen LogP contribution in [0, 0.1) is 0 Å². The summed E-state index contributed by atoms with van der Waals surface area (Å²) in [5, 5.41) is 4.87. The molecule has 0 aliphatic carbocycles. The average Bonchev–Trinajstić information content (AvgIpc) is 3.41. The van der Waals surface area contributed by atoms with Crippen molar-refractivity contribution >= 4 is 34.7 Å². The Labute approximate surface area is 169 Å².